The van der Waals surface area contributed by atoms with Crippen LogP contribution in [0.3, 0.4) is 0 Å². The molecule has 162 valence electrons. The van der Waals surface area contributed by atoms with Crippen molar-refractivity contribution in [2.24, 2.45) is 0 Å². The van der Waals surface area contributed by atoms with E-state index in [1.807, 2.05) is 66.7 Å². The average Bonchev–Trinajstić information content (AvgIpc) is 2.83. The van der Waals surface area contributed by atoms with Crippen LogP contribution in [0.2, 0.25) is 0 Å². The summed E-state index contributed by atoms with van der Waals surface area (Å²) in [5.74, 6) is 0.380. The van der Waals surface area contributed by atoms with E-state index in [1.165, 1.54) is 32.1 Å². The second-order valence-electron chi connectivity index (χ2n) is 8.21. The van der Waals surface area contributed by atoms with E-state index in [-0.39, 0.29) is 5.97 Å². The molecule has 2 nitrogen and oxygen atoms in total. The van der Waals surface area contributed by atoms with Gasteiger partial charge in [-0.15, -0.1) is 0 Å². The molecule has 0 spiro atoms. The molecule has 0 aliphatic heterocycles. The van der Waals surface area contributed by atoms with Gasteiger partial charge in [-0.2, -0.15) is 0 Å². The van der Waals surface area contributed by atoms with Crippen molar-refractivity contribution in [1.82, 2.24) is 0 Å². The molecule has 3 aromatic carbocycles. The lowest BCUT2D eigenvalue weighted by atomic mass is 9.71. The van der Waals surface area contributed by atoms with Gasteiger partial charge < -0.3 is 4.74 Å². The smallest absolute Gasteiger partial charge is 0.326 e. The molecule has 0 radical (unpaired) electrons. The van der Waals surface area contributed by atoms with E-state index in [0.717, 1.165) is 30.4 Å². The van der Waals surface area contributed by atoms with Crippen LogP contribution in [-0.2, 0) is 10.2 Å². The summed E-state index contributed by atoms with van der Waals surface area (Å²) in [7, 11) is 0. The molecule has 0 N–H and O–H groups in total. The second-order valence-corrected chi connectivity index (χ2v) is 8.21. The standard InChI is InChI=1S/C29H34O2/c1-2-3-4-5-6-7-17-24-29(25-18-11-8-12-19-25,26-20-13-9-14-21-26)28(30)31-27-22-15-10-16-23-27/h8-16,18-23H,2-7,17,24H2,1H3. The molecule has 0 heterocycles. The van der Waals surface area contributed by atoms with Gasteiger partial charge in [-0.3, -0.25) is 4.79 Å². The quantitative estimate of drug-likeness (QED) is 0.172. The van der Waals surface area contributed by atoms with Crippen LogP contribution >= 0.6 is 0 Å². The fourth-order valence-electron chi connectivity index (χ4n) is 4.27. The Morgan fingerprint density at radius 1 is 0.645 bits per heavy atom. The van der Waals surface area contributed by atoms with Crippen LogP contribution in [0.25, 0.3) is 0 Å². The number of carbonyl (C=O) groups is 1. The Morgan fingerprint density at radius 2 is 1.10 bits per heavy atom. The van der Waals surface area contributed by atoms with Crippen LogP contribution in [0.5, 0.6) is 5.75 Å². The first kappa shape index (κ1) is 22.8. The highest BCUT2D eigenvalue weighted by Gasteiger charge is 2.43. The molecule has 0 fully saturated rings. The summed E-state index contributed by atoms with van der Waals surface area (Å²) >= 11 is 0. The first-order valence-electron chi connectivity index (χ1n) is 11.7. The Bertz CT molecular complexity index is 848. The minimum absolute atomic E-state index is 0.206. The number of esters is 1. The number of para-hydroxylation sites is 1. The Labute approximate surface area is 187 Å². The predicted molar refractivity (Wildman–Crippen MR) is 128 cm³/mol. The Kier molecular flexibility index (Phi) is 8.90. The number of hydrogen-bond acceptors (Lipinski definition) is 2. The molecular weight excluding hydrogens is 380 g/mol. The summed E-state index contributed by atoms with van der Waals surface area (Å²) in [6.45, 7) is 2.24. The largest absolute Gasteiger partial charge is 0.426 e. The molecule has 2 heteroatoms. The highest BCUT2D eigenvalue weighted by molar-refractivity contribution is 5.89. The minimum atomic E-state index is -0.818. The third kappa shape index (κ3) is 6.07. The molecular formula is C29H34O2. The van der Waals surface area contributed by atoms with Gasteiger partial charge in [-0.05, 0) is 29.7 Å². The number of ether oxygens (including phenoxy) is 1. The topological polar surface area (TPSA) is 26.3 Å². The number of carbonyl (C=O) groups excluding carboxylic acids is 1. The molecule has 31 heavy (non-hydrogen) atoms. The van der Waals surface area contributed by atoms with E-state index in [9.17, 15) is 4.79 Å². The van der Waals surface area contributed by atoms with E-state index in [0.29, 0.717) is 5.75 Å². The summed E-state index contributed by atoms with van der Waals surface area (Å²) in [4.78, 5) is 13.8. The molecule has 0 bridgehead atoms. The van der Waals surface area contributed by atoms with Gasteiger partial charge in [0.25, 0.3) is 0 Å². The SMILES string of the molecule is CCCCCCCCCC(C(=O)Oc1ccccc1)(c1ccccc1)c1ccccc1. The van der Waals surface area contributed by atoms with E-state index >= 15 is 0 Å². The maximum atomic E-state index is 13.8. The number of unbranched alkanes of at least 4 members (excludes halogenated alkanes) is 6. The molecule has 0 saturated heterocycles. The highest BCUT2D eigenvalue weighted by atomic mass is 16.5. The van der Waals surface area contributed by atoms with Gasteiger partial charge in [-0.25, -0.2) is 0 Å². The molecule has 0 aliphatic carbocycles. The van der Waals surface area contributed by atoms with Gasteiger partial charge in [-0.1, -0.05) is 131 Å². The van der Waals surface area contributed by atoms with Crippen LogP contribution in [0, 0.1) is 0 Å². The van der Waals surface area contributed by atoms with E-state index in [4.69, 9.17) is 4.74 Å². The summed E-state index contributed by atoms with van der Waals surface area (Å²) in [6.07, 6.45) is 9.20. The van der Waals surface area contributed by atoms with Gasteiger partial charge in [0.1, 0.15) is 11.2 Å². The number of rotatable bonds is 12. The summed E-state index contributed by atoms with van der Waals surface area (Å²) in [5.41, 5.74) is 1.17. The lowest BCUT2D eigenvalue weighted by Gasteiger charge is -2.33. The van der Waals surface area contributed by atoms with Crippen LogP contribution in [0.1, 0.15) is 69.4 Å². The van der Waals surface area contributed by atoms with Gasteiger partial charge in [0.2, 0.25) is 0 Å². The number of hydrogen-bond donors (Lipinski definition) is 0. The molecule has 0 amide bonds. The lowest BCUT2D eigenvalue weighted by Crippen LogP contribution is -2.40. The van der Waals surface area contributed by atoms with Gasteiger partial charge >= 0.3 is 5.97 Å². The maximum Gasteiger partial charge on any atom is 0.326 e. The molecule has 0 aromatic heterocycles. The van der Waals surface area contributed by atoms with Crippen molar-refractivity contribution in [1.29, 1.82) is 0 Å². The normalized spacial score (nSPS) is 11.3. The Morgan fingerprint density at radius 3 is 1.61 bits per heavy atom. The van der Waals surface area contributed by atoms with Crippen molar-refractivity contribution < 1.29 is 9.53 Å². The minimum Gasteiger partial charge on any atom is -0.426 e. The molecule has 3 rings (SSSR count). The van der Waals surface area contributed by atoms with Gasteiger partial charge in [0, 0.05) is 0 Å². The van der Waals surface area contributed by atoms with Crippen molar-refractivity contribution in [3.05, 3.63) is 102 Å². The third-order valence-electron chi connectivity index (χ3n) is 5.99. The highest BCUT2D eigenvalue weighted by Crippen LogP contribution is 2.39. The molecule has 3 aromatic rings. The van der Waals surface area contributed by atoms with Crippen LogP contribution in [0.4, 0.5) is 0 Å². The monoisotopic (exact) mass is 414 g/mol. The zero-order valence-corrected chi connectivity index (χ0v) is 18.6. The summed E-state index contributed by atoms with van der Waals surface area (Å²) in [5, 5.41) is 0. The summed E-state index contributed by atoms with van der Waals surface area (Å²) in [6, 6.07) is 29.6. The van der Waals surface area contributed by atoms with E-state index < -0.39 is 5.41 Å². The fourth-order valence-corrected chi connectivity index (χ4v) is 4.27. The first-order chi connectivity index (χ1) is 15.3. The number of benzene rings is 3. The molecule has 0 unspecified atom stereocenters. The Hall–Kier alpha value is -2.87. The van der Waals surface area contributed by atoms with E-state index in [2.05, 4.69) is 31.2 Å². The average molecular weight is 415 g/mol. The van der Waals surface area contributed by atoms with Crippen molar-refractivity contribution >= 4 is 5.97 Å². The van der Waals surface area contributed by atoms with Crippen molar-refractivity contribution in [2.45, 2.75) is 63.7 Å². The first-order valence-corrected chi connectivity index (χ1v) is 11.7. The van der Waals surface area contributed by atoms with Crippen LogP contribution in [0.15, 0.2) is 91.0 Å². The third-order valence-corrected chi connectivity index (χ3v) is 5.99. The predicted octanol–water partition coefficient (Wildman–Crippen LogP) is 7.72. The van der Waals surface area contributed by atoms with E-state index in [1.54, 1.807) is 0 Å². The zero-order valence-electron chi connectivity index (χ0n) is 18.6. The molecule has 0 atom stereocenters. The maximum absolute atomic E-state index is 13.8. The van der Waals surface area contributed by atoms with Crippen molar-refractivity contribution in [2.75, 3.05) is 0 Å². The van der Waals surface area contributed by atoms with Crippen molar-refractivity contribution in [3.8, 4) is 5.75 Å². The molecule has 0 aliphatic rings. The lowest BCUT2D eigenvalue weighted by molar-refractivity contribution is -0.139. The van der Waals surface area contributed by atoms with Gasteiger partial charge in [0.15, 0.2) is 0 Å². The summed E-state index contributed by atoms with van der Waals surface area (Å²) < 4.78 is 5.96. The fraction of sp³-hybridized carbons (Fsp3) is 0.345. The van der Waals surface area contributed by atoms with Crippen LogP contribution in [-0.4, -0.2) is 5.97 Å². The van der Waals surface area contributed by atoms with Crippen LogP contribution < -0.4 is 4.74 Å². The van der Waals surface area contributed by atoms with Gasteiger partial charge in [0.05, 0.1) is 0 Å². The Balaban J connectivity index is 1.89. The zero-order chi connectivity index (χ0) is 21.8. The second kappa shape index (κ2) is 12.1. The van der Waals surface area contributed by atoms with Crippen molar-refractivity contribution in [3.63, 3.8) is 0 Å². The molecule has 0 saturated carbocycles.